The highest BCUT2D eigenvalue weighted by Gasteiger charge is 2.51. The predicted octanol–water partition coefficient (Wildman–Crippen LogP) is 4.69. The minimum absolute atomic E-state index is 0.00700. The summed E-state index contributed by atoms with van der Waals surface area (Å²) in [4.78, 5) is 37.9. The summed E-state index contributed by atoms with van der Waals surface area (Å²) in [5, 5.41) is 15.7. The minimum atomic E-state index is -0.819. The van der Waals surface area contributed by atoms with E-state index in [1.807, 2.05) is 0 Å². The van der Waals surface area contributed by atoms with Gasteiger partial charge in [-0.05, 0) is 100 Å². The second-order valence-corrected chi connectivity index (χ2v) is 12.6. The van der Waals surface area contributed by atoms with Crippen LogP contribution in [-0.4, -0.2) is 41.6 Å². The van der Waals surface area contributed by atoms with Crippen molar-refractivity contribution < 1.29 is 28.6 Å². The highest BCUT2D eigenvalue weighted by Crippen LogP contribution is 2.49. The lowest BCUT2D eigenvalue weighted by atomic mass is 9.70. The first-order valence-electron chi connectivity index (χ1n) is 13.9. The molecule has 7 nitrogen and oxygen atoms in total. The van der Waals surface area contributed by atoms with Gasteiger partial charge < -0.3 is 20.5 Å². The number of carbonyl (C=O) groups is 3. The lowest BCUT2D eigenvalue weighted by molar-refractivity contribution is -0.150. The van der Waals surface area contributed by atoms with Gasteiger partial charge in [0.1, 0.15) is 0 Å². The quantitative estimate of drug-likeness (QED) is 0.467. The molecule has 1 aromatic carbocycles. The summed E-state index contributed by atoms with van der Waals surface area (Å²) < 4.78 is 20.5. The number of halogens is 1. The average molecular weight is 515 g/mol. The van der Waals surface area contributed by atoms with Crippen LogP contribution in [-0.2, 0) is 9.59 Å². The largest absolute Gasteiger partial charge is 0.487 e. The number of carbonyl (C=O) groups excluding carboxylic acids is 2. The molecule has 2 bridgehead atoms. The maximum atomic E-state index is 14.6. The Kier molecular flexibility index (Phi) is 6.96. The monoisotopic (exact) mass is 514 g/mol. The van der Waals surface area contributed by atoms with Gasteiger partial charge in [-0.15, -0.1) is 0 Å². The normalized spacial score (nSPS) is 33.9. The van der Waals surface area contributed by atoms with Crippen molar-refractivity contribution in [1.82, 2.24) is 10.6 Å². The molecule has 4 aliphatic carbocycles. The zero-order valence-corrected chi connectivity index (χ0v) is 21.9. The van der Waals surface area contributed by atoms with Crippen LogP contribution < -0.4 is 15.4 Å². The summed E-state index contributed by atoms with van der Waals surface area (Å²) in [5.74, 6) is -1.30. The molecule has 0 aliphatic heterocycles. The minimum Gasteiger partial charge on any atom is -0.487 e. The Morgan fingerprint density at radius 3 is 2.41 bits per heavy atom. The van der Waals surface area contributed by atoms with Gasteiger partial charge in [0.05, 0.1) is 17.4 Å². The summed E-state index contributed by atoms with van der Waals surface area (Å²) in [7, 11) is 0. The van der Waals surface area contributed by atoms with E-state index in [2.05, 4.69) is 17.6 Å². The van der Waals surface area contributed by atoms with E-state index < -0.39 is 17.2 Å². The number of carboxylic acids is 1. The van der Waals surface area contributed by atoms with Gasteiger partial charge in [0, 0.05) is 18.2 Å². The van der Waals surface area contributed by atoms with Gasteiger partial charge in [0.2, 0.25) is 5.91 Å². The van der Waals surface area contributed by atoms with Crippen molar-refractivity contribution in [2.45, 2.75) is 90.2 Å². The number of ether oxygens (including phenoxy) is 1. The number of nitrogens with one attached hydrogen (secondary N) is 2. The van der Waals surface area contributed by atoms with Crippen molar-refractivity contribution in [2.24, 2.45) is 28.6 Å². The van der Waals surface area contributed by atoms with E-state index in [0.29, 0.717) is 43.7 Å². The van der Waals surface area contributed by atoms with E-state index >= 15 is 0 Å². The molecular formula is C29H39FN2O5. The molecule has 4 unspecified atom stereocenters. The Labute approximate surface area is 217 Å². The van der Waals surface area contributed by atoms with Crippen molar-refractivity contribution in [2.75, 3.05) is 6.54 Å². The number of carboxylic acid groups (broad SMARTS) is 1. The summed E-state index contributed by atoms with van der Waals surface area (Å²) in [5.41, 5.74) is -0.285. The van der Waals surface area contributed by atoms with Crippen LogP contribution in [0.3, 0.4) is 0 Å². The van der Waals surface area contributed by atoms with Crippen LogP contribution in [0, 0.1) is 34.4 Å². The third-order valence-corrected chi connectivity index (χ3v) is 9.81. The Morgan fingerprint density at radius 2 is 1.76 bits per heavy atom. The van der Waals surface area contributed by atoms with Gasteiger partial charge in [-0.1, -0.05) is 13.3 Å². The number of hydrogen-bond donors (Lipinski definition) is 3. The van der Waals surface area contributed by atoms with Crippen LogP contribution in [0.25, 0.3) is 0 Å². The molecule has 0 heterocycles. The van der Waals surface area contributed by atoms with Gasteiger partial charge in [0.15, 0.2) is 11.6 Å². The number of amides is 2. The Morgan fingerprint density at radius 1 is 1.05 bits per heavy atom. The summed E-state index contributed by atoms with van der Waals surface area (Å²) in [6, 6.07) is 3.88. The van der Waals surface area contributed by atoms with Crippen molar-refractivity contribution in [3.05, 3.63) is 29.6 Å². The summed E-state index contributed by atoms with van der Waals surface area (Å²) in [6.45, 7) is 4.63. The molecule has 4 atom stereocenters. The predicted molar refractivity (Wildman–Crippen MR) is 136 cm³/mol. The van der Waals surface area contributed by atoms with Gasteiger partial charge in [0.25, 0.3) is 5.91 Å². The molecule has 8 heteroatoms. The molecule has 3 N–H and O–H groups in total. The molecule has 4 aliphatic rings. The first-order chi connectivity index (χ1) is 17.6. The average Bonchev–Trinajstić information content (AvgIpc) is 3.46. The second-order valence-electron chi connectivity index (χ2n) is 12.6. The molecular weight excluding hydrogens is 475 g/mol. The zero-order chi connectivity index (χ0) is 26.4. The van der Waals surface area contributed by atoms with Crippen LogP contribution >= 0.6 is 0 Å². The highest BCUT2D eigenvalue weighted by atomic mass is 19.1. The van der Waals surface area contributed by atoms with Gasteiger partial charge >= 0.3 is 5.97 Å². The molecule has 4 fully saturated rings. The van der Waals surface area contributed by atoms with Crippen LogP contribution in [0.15, 0.2) is 18.2 Å². The number of rotatable bonds is 8. The van der Waals surface area contributed by atoms with E-state index in [4.69, 9.17) is 4.74 Å². The number of aliphatic carboxylic acids is 1. The molecule has 4 saturated carbocycles. The van der Waals surface area contributed by atoms with Crippen LogP contribution in [0.5, 0.6) is 5.75 Å². The molecule has 37 heavy (non-hydrogen) atoms. The maximum absolute atomic E-state index is 14.6. The van der Waals surface area contributed by atoms with Crippen molar-refractivity contribution in [3.63, 3.8) is 0 Å². The van der Waals surface area contributed by atoms with E-state index in [1.54, 1.807) is 6.92 Å². The third kappa shape index (κ3) is 5.21. The molecule has 5 rings (SSSR count). The molecule has 0 spiro atoms. The fourth-order valence-corrected chi connectivity index (χ4v) is 6.96. The first kappa shape index (κ1) is 26.0. The van der Waals surface area contributed by atoms with E-state index in [-0.39, 0.29) is 47.0 Å². The standard InChI is InChI=1S/C29H39FN2O5/c1-28(10-3-11-28)16-31-26(34)23-17-4-5-18(14-17)24(23)32-25(33)19-6-7-21(30)22(15-19)37-20-8-12-29(2,13-9-20)27(35)36/h6-7,15,17-18,20,23-24H,3-5,8-14,16H2,1-2H3,(H,31,34)(H,32,33)(H,35,36). The topological polar surface area (TPSA) is 105 Å². The number of benzene rings is 1. The lowest BCUT2D eigenvalue weighted by Crippen LogP contribution is -2.51. The zero-order valence-electron chi connectivity index (χ0n) is 21.9. The van der Waals surface area contributed by atoms with Crippen LogP contribution in [0.4, 0.5) is 4.39 Å². The Balaban J connectivity index is 1.22. The first-order valence-corrected chi connectivity index (χ1v) is 13.9. The SMILES string of the molecule is CC1(CNC(=O)C2C3CCC(C3)C2NC(=O)c2ccc(F)c(OC3CCC(C)(C(=O)O)CC3)c2)CCC1. The fourth-order valence-electron chi connectivity index (χ4n) is 6.96. The van der Waals surface area contributed by atoms with Crippen molar-refractivity contribution in [3.8, 4) is 5.75 Å². The number of hydrogen-bond acceptors (Lipinski definition) is 4. The molecule has 2 amide bonds. The summed E-state index contributed by atoms with van der Waals surface area (Å²) >= 11 is 0. The van der Waals surface area contributed by atoms with Crippen molar-refractivity contribution in [1.29, 1.82) is 0 Å². The molecule has 0 radical (unpaired) electrons. The maximum Gasteiger partial charge on any atom is 0.309 e. The van der Waals surface area contributed by atoms with Gasteiger partial charge in [-0.3, -0.25) is 14.4 Å². The molecule has 0 aromatic heterocycles. The van der Waals surface area contributed by atoms with E-state index in [9.17, 15) is 23.9 Å². The van der Waals surface area contributed by atoms with Gasteiger partial charge in [-0.2, -0.15) is 0 Å². The Bertz CT molecular complexity index is 1060. The fraction of sp³-hybridized carbons (Fsp3) is 0.690. The van der Waals surface area contributed by atoms with Crippen molar-refractivity contribution >= 4 is 17.8 Å². The van der Waals surface area contributed by atoms with Gasteiger partial charge in [-0.25, -0.2) is 4.39 Å². The van der Waals surface area contributed by atoms with Crippen LogP contribution in [0.2, 0.25) is 0 Å². The van der Waals surface area contributed by atoms with E-state index in [1.165, 1.54) is 24.6 Å². The summed E-state index contributed by atoms with van der Waals surface area (Å²) in [6.07, 6.45) is 8.12. The molecule has 0 saturated heterocycles. The van der Waals surface area contributed by atoms with Crippen LogP contribution in [0.1, 0.15) is 88.4 Å². The molecule has 1 aromatic rings. The Hall–Kier alpha value is -2.64. The number of fused-ring (bicyclic) bond motifs is 2. The second kappa shape index (κ2) is 9.91. The lowest BCUT2D eigenvalue weighted by Gasteiger charge is -2.39. The third-order valence-electron chi connectivity index (χ3n) is 9.81. The van der Waals surface area contributed by atoms with E-state index in [0.717, 1.165) is 32.1 Å². The highest BCUT2D eigenvalue weighted by molar-refractivity contribution is 5.95. The molecule has 202 valence electrons. The smallest absolute Gasteiger partial charge is 0.309 e.